The topological polar surface area (TPSA) is 58.1 Å². The average molecular weight is 254 g/mol. The van der Waals surface area contributed by atoms with Gasteiger partial charge in [-0.2, -0.15) is 0 Å². The molecule has 17 heavy (non-hydrogen) atoms. The lowest BCUT2D eigenvalue weighted by atomic mass is 10.2. The number of aromatic nitrogens is 2. The van der Waals surface area contributed by atoms with E-state index >= 15 is 0 Å². The molecule has 0 aliphatic carbocycles. The standard InChI is InChI=1S/C11H18N4OS/c1-8(2)15(6-9-4-3-5-12-9)11(16)10-7-17-14-13-10/h7-9,12H,3-6H2,1-2H3. The van der Waals surface area contributed by atoms with E-state index in [1.807, 2.05) is 18.7 Å². The molecule has 1 atom stereocenters. The zero-order valence-electron chi connectivity index (χ0n) is 10.2. The molecule has 0 spiro atoms. The van der Waals surface area contributed by atoms with Gasteiger partial charge >= 0.3 is 0 Å². The highest BCUT2D eigenvalue weighted by atomic mass is 32.1. The zero-order chi connectivity index (χ0) is 12.3. The SMILES string of the molecule is CC(C)N(CC1CCCN1)C(=O)c1csnn1. The van der Waals surface area contributed by atoms with Gasteiger partial charge in [-0.3, -0.25) is 4.79 Å². The molecule has 1 amide bonds. The highest BCUT2D eigenvalue weighted by Crippen LogP contribution is 2.12. The monoisotopic (exact) mass is 254 g/mol. The number of carbonyl (C=O) groups excluding carboxylic acids is 1. The maximum absolute atomic E-state index is 12.2. The molecule has 1 aliphatic rings. The summed E-state index contributed by atoms with van der Waals surface area (Å²) in [5, 5.41) is 8.97. The lowest BCUT2D eigenvalue weighted by Crippen LogP contribution is -2.44. The fourth-order valence-corrected chi connectivity index (χ4v) is 2.51. The van der Waals surface area contributed by atoms with Crippen LogP contribution in [-0.4, -0.2) is 45.6 Å². The Labute approximate surface area is 105 Å². The Morgan fingerprint density at radius 1 is 1.71 bits per heavy atom. The molecule has 1 saturated heterocycles. The summed E-state index contributed by atoms with van der Waals surface area (Å²) < 4.78 is 3.75. The number of rotatable bonds is 4. The Kier molecular flexibility index (Phi) is 4.06. The van der Waals surface area contributed by atoms with Crippen molar-refractivity contribution in [3.8, 4) is 0 Å². The van der Waals surface area contributed by atoms with Crippen molar-refractivity contribution in [2.45, 2.75) is 38.8 Å². The first-order valence-corrected chi connectivity index (χ1v) is 6.83. The minimum atomic E-state index is -0.0116. The van der Waals surface area contributed by atoms with Crippen molar-refractivity contribution in [3.05, 3.63) is 11.1 Å². The highest BCUT2D eigenvalue weighted by molar-refractivity contribution is 7.03. The molecule has 1 aromatic heterocycles. The lowest BCUT2D eigenvalue weighted by molar-refractivity contribution is 0.0683. The molecular weight excluding hydrogens is 236 g/mol. The van der Waals surface area contributed by atoms with Gasteiger partial charge in [0.15, 0.2) is 5.69 Å². The quantitative estimate of drug-likeness (QED) is 0.875. The van der Waals surface area contributed by atoms with Gasteiger partial charge < -0.3 is 10.2 Å². The van der Waals surface area contributed by atoms with Gasteiger partial charge in [-0.15, -0.1) is 5.10 Å². The summed E-state index contributed by atoms with van der Waals surface area (Å²) >= 11 is 1.22. The van der Waals surface area contributed by atoms with Crippen LogP contribution in [-0.2, 0) is 0 Å². The number of hydrogen-bond donors (Lipinski definition) is 1. The Balaban J connectivity index is 2.03. The smallest absolute Gasteiger partial charge is 0.275 e. The maximum atomic E-state index is 12.2. The molecule has 1 N–H and O–H groups in total. The molecule has 1 aromatic rings. The number of amides is 1. The highest BCUT2D eigenvalue weighted by Gasteiger charge is 2.25. The largest absolute Gasteiger partial charge is 0.333 e. The minimum Gasteiger partial charge on any atom is -0.333 e. The van der Waals surface area contributed by atoms with Crippen LogP contribution in [0.4, 0.5) is 0 Å². The van der Waals surface area contributed by atoms with Crippen LogP contribution in [0.3, 0.4) is 0 Å². The molecule has 1 aliphatic heterocycles. The average Bonchev–Trinajstić information content (AvgIpc) is 2.97. The fourth-order valence-electron chi connectivity index (χ4n) is 2.08. The third kappa shape index (κ3) is 3.01. The van der Waals surface area contributed by atoms with Crippen LogP contribution < -0.4 is 5.32 Å². The van der Waals surface area contributed by atoms with E-state index < -0.39 is 0 Å². The minimum absolute atomic E-state index is 0.0116. The van der Waals surface area contributed by atoms with Crippen LogP contribution in [0.25, 0.3) is 0 Å². The second kappa shape index (κ2) is 5.55. The third-order valence-corrected chi connectivity index (χ3v) is 3.55. The third-order valence-electron chi connectivity index (χ3n) is 3.04. The molecule has 5 nitrogen and oxygen atoms in total. The van der Waals surface area contributed by atoms with E-state index in [0.717, 1.165) is 19.5 Å². The molecular formula is C11H18N4OS. The Morgan fingerprint density at radius 2 is 2.53 bits per heavy atom. The van der Waals surface area contributed by atoms with Crippen LogP contribution in [0.1, 0.15) is 37.2 Å². The molecule has 0 saturated carbocycles. The molecule has 0 radical (unpaired) electrons. The second-order valence-corrected chi connectivity index (χ2v) is 5.24. The zero-order valence-corrected chi connectivity index (χ0v) is 11.0. The predicted molar refractivity (Wildman–Crippen MR) is 67.1 cm³/mol. The van der Waals surface area contributed by atoms with E-state index in [2.05, 4.69) is 14.9 Å². The number of carbonyl (C=O) groups is 1. The van der Waals surface area contributed by atoms with Crippen LogP contribution >= 0.6 is 11.5 Å². The van der Waals surface area contributed by atoms with Crippen molar-refractivity contribution in [1.82, 2.24) is 19.8 Å². The fraction of sp³-hybridized carbons (Fsp3) is 0.727. The molecule has 2 heterocycles. The molecule has 0 aromatic carbocycles. The first-order chi connectivity index (χ1) is 8.18. The van der Waals surface area contributed by atoms with E-state index in [0.29, 0.717) is 11.7 Å². The summed E-state index contributed by atoms with van der Waals surface area (Å²) in [6.45, 7) is 5.89. The summed E-state index contributed by atoms with van der Waals surface area (Å²) in [4.78, 5) is 14.1. The van der Waals surface area contributed by atoms with Gasteiger partial charge in [-0.25, -0.2) is 0 Å². The van der Waals surface area contributed by atoms with E-state index in [1.54, 1.807) is 5.38 Å². The van der Waals surface area contributed by atoms with Crippen LogP contribution in [0.5, 0.6) is 0 Å². The van der Waals surface area contributed by atoms with Crippen molar-refractivity contribution < 1.29 is 4.79 Å². The van der Waals surface area contributed by atoms with Gasteiger partial charge in [0, 0.05) is 24.0 Å². The molecule has 6 heteroatoms. The van der Waals surface area contributed by atoms with Crippen molar-refractivity contribution >= 4 is 17.4 Å². The summed E-state index contributed by atoms with van der Waals surface area (Å²) in [6, 6.07) is 0.611. The number of hydrogen-bond acceptors (Lipinski definition) is 5. The maximum Gasteiger partial charge on any atom is 0.275 e. The molecule has 2 rings (SSSR count). The van der Waals surface area contributed by atoms with Crippen LogP contribution in [0.2, 0.25) is 0 Å². The lowest BCUT2D eigenvalue weighted by Gasteiger charge is -2.28. The molecule has 1 unspecified atom stereocenters. The van der Waals surface area contributed by atoms with Crippen LogP contribution in [0.15, 0.2) is 5.38 Å². The van der Waals surface area contributed by atoms with Gasteiger partial charge in [0.2, 0.25) is 0 Å². The summed E-state index contributed by atoms with van der Waals surface area (Å²) in [6.07, 6.45) is 2.34. The van der Waals surface area contributed by atoms with Crippen molar-refractivity contribution in [3.63, 3.8) is 0 Å². The van der Waals surface area contributed by atoms with Gasteiger partial charge in [-0.1, -0.05) is 4.49 Å². The number of nitrogens with one attached hydrogen (secondary N) is 1. The summed E-state index contributed by atoms with van der Waals surface area (Å²) in [5.41, 5.74) is 0.460. The second-order valence-electron chi connectivity index (χ2n) is 4.63. The molecule has 94 valence electrons. The van der Waals surface area contributed by atoms with Crippen LogP contribution in [0, 0.1) is 0 Å². The van der Waals surface area contributed by atoms with E-state index in [4.69, 9.17) is 0 Å². The van der Waals surface area contributed by atoms with E-state index in [9.17, 15) is 4.79 Å². The molecule has 1 fully saturated rings. The Hall–Kier alpha value is -1.01. The van der Waals surface area contributed by atoms with Gasteiger partial charge in [-0.05, 0) is 44.8 Å². The Bertz CT molecular complexity index is 360. The number of nitrogens with zero attached hydrogens (tertiary/aromatic N) is 3. The van der Waals surface area contributed by atoms with E-state index in [1.165, 1.54) is 18.0 Å². The normalized spacial score (nSPS) is 19.8. The predicted octanol–water partition coefficient (Wildman–Crippen LogP) is 1.14. The van der Waals surface area contributed by atoms with E-state index in [-0.39, 0.29) is 11.9 Å². The van der Waals surface area contributed by atoms with Gasteiger partial charge in [0.05, 0.1) is 0 Å². The Morgan fingerprint density at radius 3 is 3.06 bits per heavy atom. The van der Waals surface area contributed by atoms with Gasteiger partial charge in [0.25, 0.3) is 5.91 Å². The van der Waals surface area contributed by atoms with Crippen molar-refractivity contribution in [2.75, 3.05) is 13.1 Å². The van der Waals surface area contributed by atoms with Crippen molar-refractivity contribution in [1.29, 1.82) is 0 Å². The van der Waals surface area contributed by atoms with Gasteiger partial charge in [0.1, 0.15) is 0 Å². The first-order valence-electron chi connectivity index (χ1n) is 6.00. The summed E-state index contributed by atoms with van der Waals surface area (Å²) in [5.74, 6) is -0.0116. The molecule has 0 bridgehead atoms. The first kappa shape index (κ1) is 12.4. The van der Waals surface area contributed by atoms with Crippen molar-refractivity contribution in [2.24, 2.45) is 0 Å². The summed E-state index contributed by atoms with van der Waals surface area (Å²) in [7, 11) is 0.